The number of piperidine rings is 1. The van der Waals surface area contributed by atoms with Gasteiger partial charge in [-0.2, -0.15) is 0 Å². The zero-order chi connectivity index (χ0) is 11.1. The van der Waals surface area contributed by atoms with Gasteiger partial charge in [-0.25, -0.2) is 0 Å². The molecule has 1 rings (SSSR count). The molecule has 0 spiro atoms. The summed E-state index contributed by atoms with van der Waals surface area (Å²) in [6.07, 6.45) is 2.72. The lowest BCUT2D eigenvalue weighted by Crippen LogP contribution is -2.40. The number of hydrogen-bond acceptors (Lipinski definition) is 3. The molecule has 0 unspecified atom stereocenters. The van der Waals surface area contributed by atoms with Crippen molar-refractivity contribution in [3.63, 3.8) is 0 Å². The Morgan fingerprint density at radius 2 is 1.80 bits per heavy atom. The van der Waals surface area contributed by atoms with Gasteiger partial charge in [0.25, 0.3) is 0 Å². The predicted molar refractivity (Wildman–Crippen MR) is 66.0 cm³/mol. The van der Waals surface area contributed by atoms with Crippen molar-refractivity contribution < 1.29 is 0 Å². The molecule has 0 aliphatic carbocycles. The first-order chi connectivity index (χ1) is 7.30. The molecule has 2 N–H and O–H groups in total. The van der Waals surface area contributed by atoms with E-state index < -0.39 is 0 Å². The van der Waals surface area contributed by atoms with Crippen LogP contribution in [0.2, 0.25) is 0 Å². The molecule has 1 heterocycles. The Bertz CT molecular complexity index is 149. The first-order valence-corrected chi connectivity index (χ1v) is 6.44. The molecule has 0 atom stereocenters. The highest BCUT2D eigenvalue weighted by molar-refractivity contribution is 4.74. The van der Waals surface area contributed by atoms with Crippen molar-refractivity contribution in [2.75, 3.05) is 45.8 Å². The predicted octanol–water partition coefficient (Wildman–Crippen LogP) is 0.999. The van der Waals surface area contributed by atoms with Gasteiger partial charge in [-0.05, 0) is 44.9 Å². The van der Waals surface area contributed by atoms with E-state index in [4.69, 9.17) is 5.73 Å². The number of nitrogens with two attached hydrogens (primary N) is 1. The fourth-order valence-electron chi connectivity index (χ4n) is 2.42. The van der Waals surface area contributed by atoms with Gasteiger partial charge in [-0.15, -0.1) is 0 Å². The van der Waals surface area contributed by atoms with E-state index in [0.29, 0.717) is 0 Å². The molecule has 1 saturated heterocycles. The van der Waals surface area contributed by atoms with Crippen LogP contribution in [0.4, 0.5) is 0 Å². The van der Waals surface area contributed by atoms with Gasteiger partial charge >= 0.3 is 0 Å². The largest absolute Gasteiger partial charge is 0.329 e. The second-order valence-corrected chi connectivity index (χ2v) is 4.56. The average Bonchev–Trinajstić information content (AvgIpc) is 2.28. The zero-order valence-electron chi connectivity index (χ0n) is 10.4. The van der Waals surface area contributed by atoms with E-state index in [-0.39, 0.29) is 0 Å². The van der Waals surface area contributed by atoms with Crippen LogP contribution in [0.5, 0.6) is 0 Å². The minimum absolute atomic E-state index is 0.806. The number of rotatable bonds is 6. The van der Waals surface area contributed by atoms with Gasteiger partial charge < -0.3 is 15.5 Å². The van der Waals surface area contributed by atoms with E-state index in [1.54, 1.807) is 0 Å². The lowest BCUT2D eigenvalue weighted by atomic mass is 9.96. The number of nitrogens with zero attached hydrogens (tertiary/aromatic N) is 2. The molecule has 3 nitrogen and oxygen atoms in total. The van der Waals surface area contributed by atoms with Crippen LogP contribution in [0.15, 0.2) is 0 Å². The second kappa shape index (κ2) is 7.20. The Hall–Kier alpha value is -0.120. The first-order valence-electron chi connectivity index (χ1n) is 6.44. The highest BCUT2D eigenvalue weighted by Gasteiger charge is 2.19. The monoisotopic (exact) mass is 213 g/mol. The van der Waals surface area contributed by atoms with E-state index in [1.165, 1.54) is 45.6 Å². The summed E-state index contributed by atoms with van der Waals surface area (Å²) >= 11 is 0. The standard InChI is InChI=1S/C12H27N3/c1-3-14(4-2)11-12-5-8-15(9-6-12)10-7-13/h12H,3-11,13H2,1-2H3. The van der Waals surface area contributed by atoms with Gasteiger partial charge in [0.2, 0.25) is 0 Å². The minimum Gasteiger partial charge on any atom is -0.329 e. The smallest absolute Gasteiger partial charge is 0.0105 e. The Labute approximate surface area is 94.6 Å². The van der Waals surface area contributed by atoms with Crippen LogP contribution >= 0.6 is 0 Å². The van der Waals surface area contributed by atoms with Crippen molar-refractivity contribution in [1.29, 1.82) is 0 Å². The molecule has 0 aromatic heterocycles. The van der Waals surface area contributed by atoms with E-state index in [9.17, 15) is 0 Å². The zero-order valence-corrected chi connectivity index (χ0v) is 10.4. The Morgan fingerprint density at radius 1 is 1.20 bits per heavy atom. The summed E-state index contributed by atoms with van der Waals surface area (Å²) in [5, 5.41) is 0. The maximum Gasteiger partial charge on any atom is 0.0105 e. The van der Waals surface area contributed by atoms with Crippen molar-refractivity contribution in [2.45, 2.75) is 26.7 Å². The average molecular weight is 213 g/mol. The summed E-state index contributed by atoms with van der Waals surface area (Å²) in [6.45, 7) is 12.6. The van der Waals surface area contributed by atoms with E-state index >= 15 is 0 Å². The fraction of sp³-hybridized carbons (Fsp3) is 1.00. The molecule has 1 aliphatic heterocycles. The highest BCUT2D eigenvalue weighted by Crippen LogP contribution is 2.17. The molecule has 0 saturated carbocycles. The molecule has 0 bridgehead atoms. The molecule has 1 aliphatic rings. The van der Waals surface area contributed by atoms with Crippen molar-refractivity contribution in [3.05, 3.63) is 0 Å². The Balaban J connectivity index is 2.19. The summed E-state index contributed by atoms with van der Waals surface area (Å²) in [4.78, 5) is 5.04. The summed E-state index contributed by atoms with van der Waals surface area (Å²) < 4.78 is 0. The van der Waals surface area contributed by atoms with Gasteiger partial charge in [-0.3, -0.25) is 0 Å². The molecule has 3 heteroatoms. The summed E-state index contributed by atoms with van der Waals surface area (Å²) in [5.74, 6) is 0.916. The summed E-state index contributed by atoms with van der Waals surface area (Å²) in [5.41, 5.74) is 5.57. The van der Waals surface area contributed by atoms with E-state index in [1.807, 2.05) is 0 Å². The molecule has 0 aromatic carbocycles. The van der Waals surface area contributed by atoms with E-state index in [2.05, 4.69) is 23.6 Å². The summed E-state index contributed by atoms with van der Waals surface area (Å²) in [7, 11) is 0. The van der Waals surface area contributed by atoms with Crippen molar-refractivity contribution in [1.82, 2.24) is 9.80 Å². The van der Waals surface area contributed by atoms with Gasteiger partial charge in [0.1, 0.15) is 0 Å². The van der Waals surface area contributed by atoms with Crippen molar-refractivity contribution >= 4 is 0 Å². The van der Waals surface area contributed by atoms with Crippen LogP contribution in [-0.2, 0) is 0 Å². The van der Waals surface area contributed by atoms with Crippen LogP contribution < -0.4 is 5.73 Å². The summed E-state index contributed by atoms with van der Waals surface area (Å²) in [6, 6.07) is 0. The van der Waals surface area contributed by atoms with E-state index in [0.717, 1.165) is 19.0 Å². The SMILES string of the molecule is CCN(CC)CC1CCN(CCN)CC1. The lowest BCUT2D eigenvalue weighted by Gasteiger charge is -2.34. The van der Waals surface area contributed by atoms with Crippen LogP contribution in [-0.4, -0.2) is 55.6 Å². The molecule has 0 amide bonds. The molecule has 15 heavy (non-hydrogen) atoms. The Morgan fingerprint density at radius 3 is 2.27 bits per heavy atom. The topological polar surface area (TPSA) is 32.5 Å². The van der Waals surface area contributed by atoms with Crippen molar-refractivity contribution in [2.24, 2.45) is 11.7 Å². The van der Waals surface area contributed by atoms with Gasteiger partial charge in [0, 0.05) is 19.6 Å². The fourth-order valence-corrected chi connectivity index (χ4v) is 2.42. The number of hydrogen-bond donors (Lipinski definition) is 1. The Kier molecular flexibility index (Phi) is 6.22. The lowest BCUT2D eigenvalue weighted by molar-refractivity contribution is 0.151. The molecular weight excluding hydrogens is 186 g/mol. The molecule has 0 aromatic rings. The van der Waals surface area contributed by atoms with Crippen molar-refractivity contribution in [3.8, 4) is 0 Å². The third-order valence-corrected chi connectivity index (χ3v) is 3.56. The van der Waals surface area contributed by atoms with Gasteiger partial charge in [0.05, 0.1) is 0 Å². The maximum absolute atomic E-state index is 5.57. The second-order valence-electron chi connectivity index (χ2n) is 4.56. The van der Waals surface area contributed by atoms with Crippen LogP contribution in [0.3, 0.4) is 0 Å². The van der Waals surface area contributed by atoms with Crippen LogP contribution in [0, 0.1) is 5.92 Å². The van der Waals surface area contributed by atoms with Gasteiger partial charge in [0.15, 0.2) is 0 Å². The highest BCUT2D eigenvalue weighted by atomic mass is 15.1. The first kappa shape index (κ1) is 12.9. The van der Waals surface area contributed by atoms with Crippen LogP contribution in [0.1, 0.15) is 26.7 Å². The molecule has 90 valence electrons. The maximum atomic E-state index is 5.57. The van der Waals surface area contributed by atoms with Gasteiger partial charge in [-0.1, -0.05) is 13.8 Å². The quantitative estimate of drug-likeness (QED) is 0.714. The number of likely N-dealkylation sites (tertiary alicyclic amines) is 1. The third kappa shape index (κ3) is 4.49. The van der Waals surface area contributed by atoms with Crippen LogP contribution in [0.25, 0.3) is 0 Å². The minimum atomic E-state index is 0.806. The molecular formula is C12H27N3. The normalized spacial score (nSPS) is 20.0. The third-order valence-electron chi connectivity index (χ3n) is 3.56. The molecule has 1 fully saturated rings. The molecule has 0 radical (unpaired) electrons.